The molecule has 8 heteroatoms. The van der Waals surface area contributed by atoms with Gasteiger partial charge in [-0.2, -0.15) is 0 Å². The number of aromatic hydroxyl groups is 3. The summed E-state index contributed by atoms with van der Waals surface area (Å²) < 4.78 is 6.44. The van der Waals surface area contributed by atoms with Gasteiger partial charge in [0, 0.05) is 29.7 Å². The number of methoxy groups -OCH3 is 1. The summed E-state index contributed by atoms with van der Waals surface area (Å²) in [5.41, 5.74) is 2.36. The second-order valence-corrected chi connectivity index (χ2v) is 8.36. The summed E-state index contributed by atoms with van der Waals surface area (Å²) in [6.07, 6.45) is 1.88. The van der Waals surface area contributed by atoms with Crippen LogP contribution in [0, 0.1) is 6.92 Å². The number of esters is 1. The molecule has 0 spiro atoms. The van der Waals surface area contributed by atoms with Gasteiger partial charge in [0.25, 0.3) is 5.56 Å². The Balaban J connectivity index is 1.82. The van der Waals surface area contributed by atoms with Crippen LogP contribution in [0.25, 0.3) is 10.9 Å². The first-order chi connectivity index (χ1) is 16.8. The molecule has 0 radical (unpaired) electrons. The van der Waals surface area contributed by atoms with Gasteiger partial charge >= 0.3 is 5.97 Å². The van der Waals surface area contributed by atoms with Gasteiger partial charge in [0.05, 0.1) is 24.6 Å². The average Bonchev–Trinajstić information content (AvgIpc) is 2.84. The summed E-state index contributed by atoms with van der Waals surface area (Å²) in [5.74, 6) is -1.92. The highest BCUT2D eigenvalue weighted by Crippen LogP contribution is 2.36. The maximum Gasteiger partial charge on any atom is 0.306 e. The van der Waals surface area contributed by atoms with Gasteiger partial charge in [0.15, 0.2) is 11.5 Å². The molecule has 0 bridgehead atoms. The summed E-state index contributed by atoms with van der Waals surface area (Å²) in [5, 5.41) is 31.0. The van der Waals surface area contributed by atoms with Gasteiger partial charge in [-0.1, -0.05) is 24.3 Å². The van der Waals surface area contributed by atoms with E-state index in [1.807, 2.05) is 24.3 Å². The Morgan fingerprint density at radius 3 is 2.54 bits per heavy atom. The lowest BCUT2D eigenvalue weighted by atomic mass is 9.86. The van der Waals surface area contributed by atoms with Crippen molar-refractivity contribution in [2.45, 2.75) is 32.2 Å². The van der Waals surface area contributed by atoms with Crippen molar-refractivity contribution < 1.29 is 24.9 Å². The number of benzene rings is 2. The third kappa shape index (κ3) is 4.82. The smallest absolute Gasteiger partial charge is 0.306 e. The van der Waals surface area contributed by atoms with Crippen molar-refractivity contribution in [2.75, 3.05) is 7.11 Å². The van der Waals surface area contributed by atoms with Crippen LogP contribution in [0.15, 0.2) is 65.6 Å². The molecular weight excluding hydrogens is 448 g/mol. The van der Waals surface area contributed by atoms with Gasteiger partial charge in [0.2, 0.25) is 0 Å². The van der Waals surface area contributed by atoms with Gasteiger partial charge < -0.3 is 24.6 Å². The Kier molecular flexibility index (Phi) is 6.73. The molecular formula is C27H26N2O6. The molecule has 0 saturated heterocycles. The summed E-state index contributed by atoms with van der Waals surface area (Å²) in [6, 6.07) is 15.2. The van der Waals surface area contributed by atoms with Gasteiger partial charge in [-0.15, -0.1) is 0 Å². The van der Waals surface area contributed by atoms with E-state index in [4.69, 9.17) is 4.74 Å². The van der Waals surface area contributed by atoms with E-state index in [0.29, 0.717) is 23.2 Å². The summed E-state index contributed by atoms with van der Waals surface area (Å²) in [4.78, 5) is 30.5. The van der Waals surface area contributed by atoms with Gasteiger partial charge in [-0.3, -0.25) is 14.6 Å². The lowest BCUT2D eigenvalue weighted by molar-refractivity contribution is -0.140. The van der Waals surface area contributed by atoms with Crippen molar-refractivity contribution in [3.05, 3.63) is 93.5 Å². The van der Waals surface area contributed by atoms with Crippen LogP contribution in [0.1, 0.15) is 34.7 Å². The number of rotatable bonds is 7. The lowest BCUT2D eigenvalue weighted by Crippen LogP contribution is -2.29. The van der Waals surface area contributed by atoms with E-state index in [1.165, 1.54) is 29.9 Å². The predicted octanol–water partition coefficient (Wildman–Crippen LogP) is 3.76. The van der Waals surface area contributed by atoms with Crippen LogP contribution in [0.3, 0.4) is 0 Å². The van der Waals surface area contributed by atoms with Crippen molar-refractivity contribution in [1.29, 1.82) is 0 Å². The lowest BCUT2D eigenvalue weighted by Gasteiger charge is -2.21. The number of pyridine rings is 2. The normalized spacial score (nSPS) is 11.9. The van der Waals surface area contributed by atoms with E-state index >= 15 is 0 Å². The van der Waals surface area contributed by atoms with Crippen LogP contribution in [0.5, 0.6) is 17.2 Å². The van der Waals surface area contributed by atoms with Crippen LogP contribution in [-0.2, 0) is 22.5 Å². The minimum atomic E-state index is -0.757. The van der Waals surface area contributed by atoms with Crippen molar-refractivity contribution in [2.24, 2.45) is 0 Å². The zero-order chi connectivity index (χ0) is 25.1. The molecule has 180 valence electrons. The molecule has 0 unspecified atom stereocenters. The molecule has 3 N–H and O–H groups in total. The Labute approximate surface area is 201 Å². The minimum Gasteiger partial charge on any atom is -0.507 e. The number of para-hydroxylation sites is 1. The van der Waals surface area contributed by atoms with E-state index in [2.05, 4.69) is 4.98 Å². The Morgan fingerprint density at radius 1 is 1.03 bits per heavy atom. The van der Waals surface area contributed by atoms with Crippen LogP contribution < -0.4 is 5.56 Å². The number of carbonyl (C=O) groups is 1. The van der Waals surface area contributed by atoms with Crippen molar-refractivity contribution in [3.63, 3.8) is 0 Å². The summed E-state index contributed by atoms with van der Waals surface area (Å²) in [6.45, 7) is 1.99. The number of hydrogen-bond donors (Lipinski definition) is 3. The van der Waals surface area contributed by atoms with Crippen molar-refractivity contribution in [1.82, 2.24) is 9.55 Å². The van der Waals surface area contributed by atoms with E-state index in [-0.39, 0.29) is 35.8 Å². The van der Waals surface area contributed by atoms with E-state index in [1.54, 1.807) is 25.3 Å². The fourth-order valence-corrected chi connectivity index (χ4v) is 4.38. The number of nitrogens with zero attached hydrogens (tertiary/aromatic N) is 2. The maximum atomic E-state index is 13.7. The topological polar surface area (TPSA) is 122 Å². The number of carbonyl (C=O) groups excluding carboxylic acids is 1. The zero-order valence-corrected chi connectivity index (χ0v) is 19.4. The molecule has 0 saturated carbocycles. The van der Waals surface area contributed by atoms with Gasteiger partial charge in [-0.05, 0) is 54.8 Å². The highest BCUT2D eigenvalue weighted by molar-refractivity contribution is 5.84. The quantitative estimate of drug-likeness (QED) is 0.275. The molecule has 4 aromatic rings. The first kappa shape index (κ1) is 23.8. The fourth-order valence-electron chi connectivity index (χ4n) is 4.38. The first-order valence-electron chi connectivity index (χ1n) is 11.1. The zero-order valence-electron chi connectivity index (χ0n) is 19.4. The summed E-state index contributed by atoms with van der Waals surface area (Å²) >= 11 is 0. The molecule has 0 fully saturated rings. The highest BCUT2D eigenvalue weighted by atomic mass is 16.5. The SMILES string of the molecule is COC(=O)C[C@H](c1c(O)cc(C)n(CCc2ccc(O)c(O)c2)c1=O)c1ccnc2ccccc12. The standard InChI is InChI=1S/C27H26N2O6/c1-16-13-24(32)26(27(34)29(16)12-10-17-7-8-22(30)23(31)14-17)20(15-25(33)35-2)18-9-11-28-21-6-4-3-5-19(18)21/h3-9,11,13-14,20,30-32H,10,12,15H2,1-2H3/t20-/m0/s1. The van der Waals surface area contributed by atoms with Gasteiger partial charge in [0.1, 0.15) is 5.75 Å². The third-order valence-electron chi connectivity index (χ3n) is 6.19. The van der Waals surface area contributed by atoms with Crippen LogP contribution in [-0.4, -0.2) is 37.9 Å². The molecule has 2 aromatic carbocycles. The number of aromatic nitrogens is 2. The van der Waals surface area contributed by atoms with E-state index in [0.717, 1.165) is 10.9 Å². The Hall–Kier alpha value is -4.33. The minimum absolute atomic E-state index is 0.103. The van der Waals surface area contributed by atoms with Crippen LogP contribution in [0.4, 0.5) is 0 Å². The predicted molar refractivity (Wildman–Crippen MR) is 131 cm³/mol. The van der Waals surface area contributed by atoms with Crippen molar-refractivity contribution >= 4 is 16.9 Å². The summed E-state index contributed by atoms with van der Waals surface area (Å²) in [7, 11) is 1.28. The molecule has 2 heterocycles. The Morgan fingerprint density at radius 2 is 1.80 bits per heavy atom. The number of phenolic OH excluding ortho intramolecular Hbond substituents is 2. The molecule has 0 amide bonds. The largest absolute Gasteiger partial charge is 0.507 e. The van der Waals surface area contributed by atoms with Crippen LogP contribution in [0.2, 0.25) is 0 Å². The number of aryl methyl sites for hydroxylation is 2. The van der Waals surface area contributed by atoms with Crippen LogP contribution >= 0.6 is 0 Å². The highest BCUT2D eigenvalue weighted by Gasteiger charge is 2.28. The number of hydrogen-bond acceptors (Lipinski definition) is 7. The van der Waals surface area contributed by atoms with E-state index in [9.17, 15) is 24.9 Å². The van der Waals surface area contributed by atoms with Crippen molar-refractivity contribution in [3.8, 4) is 17.2 Å². The molecule has 1 atom stereocenters. The molecule has 35 heavy (non-hydrogen) atoms. The Bertz CT molecular complexity index is 1460. The molecule has 0 aliphatic carbocycles. The average molecular weight is 475 g/mol. The third-order valence-corrected chi connectivity index (χ3v) is 6.19. The second-order valence-electron chi connectivity index (χ2n) is 8.36. The fraction of sp³-hybridized carbons (Fsp3) is 0.222. The monoisotopic (exact) mass is 474 g/mol. The van der Waals surface area contributed by atoms with Gasteiger partial charge in [-0.25, -0.2) is 0 Å². The molecule has 2 aromatic heterocycles. The number of phenols is 2. The molecule has 8 nitrogen and oxygen atoms in total. The number of fused-ring (bicyclic) bond motifs is 1. The maximum absolute atomic E-state index is 13.7. The molecule has 0 aliphatic heterocycles. The first-order valence-corrected chi connectivity index (χ1v) is 11.1. The molecule has 4 rings (SSSR count). The molecule has 0 aliphatic rings. The second kappa shape index (κ2) is 9.89. The van der Waals surface area contributed by atoms with E-state index < -0.39 is 17.4 Å². The number of ether oxygens (including phenoxy) is 1.